The van der Waals surface area contributed by atoms with Crippen molar-refractivity contribution in [3.63, 3.8) is 0 Å². The monoisotopic (exact) mass is 223 g/mol. The number of fused-ring (bicyclic) bond motifs is 2. The molecule has 1 aliphatic carbocycles. The predicted octanol–water partition coefficient (Wildman–Crippen LogP) is 3.17. The highest BCUT2D eigenvalue weighted by Gasteiger charge is 2.37. The average Bonchev–Trinajstić information content (AvgIpc) is 2.48. The molecule has 0 aromatic heterocycles. The summed E-state index contributed by atoms with van der Waals surface area (Å²) in [5.41, 5.74) is 0. The van der Waals surface area contributed by atoms with E-state index in [1.807, 2.05) is 0 Å². The van der Waals surface area contributed by atoms with Crippen molar-refractivity contribution >= 4 is 0 Å². The highest BCUT2D eigenvalue weighted by Crippen LogP contribution is 2.37. The van der Waals surface area contributed by atoms with Crippen LogP contribution >= 0.6 is 0 Å². The largest absolute Gasteiger partial charge is 0.363 e. The molecule has 0 spiro atoms. The summed E-state index contributed by atoms with van der Waals surface area (Å²) in [7, 11) is 0. The molecule has 2 aliphatic heterocycles. The van der Waals surface area contributed by atoms with Gasteiger partial charge in [-0.15, -0.1) is 0 Å². The molecule has 3 aliphatic rings. The Morgan fingerprint density at radius 1 is 1.00 bits per heavy atom. The SMILES string of the molecule is C[C@@H]1CCC[C@@H]2C[C@H]3CCCC[C@H]3OCN21. The Balaban J connectivity index is 1.72. The van der Waals surface area contributed by atoms with Crippen LogP contribution < -0.4 is 0 Å². The lowest BCUT2D eigenvalue weighted by molar-refractivity contribution is -0.0600. The van der Waals surface area contributed by atoms with E-state index in [4.69, 9.17) is 4.74 Å². The van der Waals surface area contributed by atoms with E-state index < -0.39 is 0 Å². The Labute approximate surface area is 99.3 Å². The summed E-state index contributed by atoms with van der Waals surface area (Å²) in [6.07, 6.45) is 11.8. The third-order valence-corrected chi connectivity index (χ3v) is 5.05. The van der Waals surface area contributed by atoms with Gasteiger partial charge in [-0.2, -0.15) is 0 Å². The lowest BCUT2D eigenvalue weighted by Gasteiger charge is -2.39. The van der Waals surface area contributed by atoms with E-state index in [-0.39, 0.29) is 0 Å². The Morgan fingerprint density at radius 2 is 1.88 bits per heavy atom. The third kappa shape index (κ3) is 2.02. The van der Waals surface area contributed by atoms with Crippen LogP contribution in [-0.4, -0.2) is 29.8 Å². The highest BCUT2D eigenvalue weighted by atomic mass is 16.5. The quantitative estimate of drug-likeness (QED) is 0.625. The molecular formula is C14H25NO. The summed E-state index contributed by atoms with van der Waals surface area (Å²) in [5.74, 6) is 0.869. The van der Waals surface area contributed by atoms with Gasteiger partial charge >= 0.3 is 0 Å². The first kappa shape index (κ1) is 11.0. The van der Waals surface area contributed by atoms with Crippen molar-refractivity contribution in [3.8, 4) is 0 Å². The van der Waals surface area contributed by atoms with Gasteiger partial charge in [0.2, 0.25) is 0 Å². The molecular weight excluding hydrogens is 198 g/mol. The van der Waals surface area contributed by atoms with E-state index >= 15 is 0 Å². The third-order valence-electron chi connectivity index (χ3n) is 5.05. The van der Waals surface area contributed by atoms with Gasteiger partial charge in [-0.3, -0.25) is 4.90 Å². The van der Waals surface area contributed by atoms with Crippen LogP contribution in [0.1, 0.15) is 58.3 Å². The van der Waals surface area contributed by atoms with Crippen LogP contribution in [0.4, 0.5) is 0 Å². The molecule has 0 unspecified atom stereocenters. The lowest BCUT2D eigenvalue weighted by Crippen LogP contribution is -2.45. The first-order valence-electron chi connectivity index (χ1n) is 7.22. The molecule has 2 saturated heterocycles. The van der Waals surface area contributed by atoms with Crippen molar-refractivity contribution in [2.24, 2.45) is 5.92 Å². The Bertz CT molecular complexity index is 243. The number of hydrogen-bond acceptors (Lipinski definition) is 2. The fourth-order valence-electron chi connectivity index (χ4n) is 4.02. The van der Waals surface area contributed by atoms with Crippen LogP contribution in [0, 0.1) is 5.92 Å². The second kappa shape index (κ2) is 4.66. The van der Waals surface area contributed by atoms with Crippen LogP contribution in [0.15, 0.2) is 0 Å². The summed E-state index contributed by atoms with van der Waals surface area (Å²) >= 11 is 0. The minimum absolute atomic E-state index is 0.589. The van der Waals surface area contributed by atoms with Crippen molar-refractivity contribution in [1.82, 2.24) is 4.90 Å². The molecule has 4 atom stereocenters. The van der Waals surface area contributed by atoms with Crippen LogP contribution in [-0.2, 0) is 4.74 Å². The van der Waals surface area contributed by atoms with E-state index in [9.17, 15) is 0 Å². The molecule has 2 heterocycles. The molecule has 0 aromatic carbocycles. The molecule has 0 N–H and O–H groups in total. The maximum atomic E-state index is 6.17. The smallest absolute Gasteiger partial charge is 0.0998 e. The van der Waals surface area contributed by atoms with E-state index in [0.29, 0.717) is 6.10 Å². The van der Waals surface area contributed by atoms with Gasteiger partial charge in [0.05, 0.1) is 12.8 Å². The van der Waals surface area contributed by atoms with Crippen molar-refractivity contribution < 1.29 is 4.74 Å². The van der Waals surface area contributed by atoms with Gasteiger partial charge < -0.3 is 4.74 Å². The maximum Gasteiger partial charge on any atom is 0.0998 e. The van der Waals surface area contributed by atoms with E-state index in [0.717, 1.165) is 24.7 Å². The molecule has 0 radical (unpaired) electrons. The summed E-state index contributed by atoms with van der Waals surface area (Å²) in [6.45, 7) is 3.29. The van der Waals surface area contributed by atoms with Gasteiger partial charge in [0.25, 0.3) is 0 Å². The Kier molecular flexibility index (Phi) is 3.21. The Hall–Kier alpha value is -0.0800. The summed E-state index contributed by atoms with van der Waals surface area (Å²) < 4.78 is 6.17. The van der Waals surface area contributed by atoms with Crippen LogP contribution in [0.2, 0.25) is 0 Å². The van der Waals surface area contributed by atoms with Crippen molar-refractivity contribution in [2.45, 2.75) is 76.5 Å². The maximum absolute atomic E-state index is 6.17. The van der Waals surface area contributed by atoms with Gasteiger partial charge in [-0.1, -0.05) is 19.3 Å². The van der Waals surface area contributed by atoms with Gasteiger partial charge in [0.1, 0.15) is 0 Å². The van der Waals surface area contributed by atoms with Gasteiger partial charge in [-0.25, -0.2) is 0 Å². The Morgan fingerprint density at radius 3 is 2.81 bits per heavy atom. The molecule has 16 heavy (non-hydrogen) atoms. The standard InChI is InChI=1S/C14H25NO/c1-11-5-4-7-13-9-12-6-2-3-8-14(12)16-10-15(11)13/h11-14H,2-10H2,1H3/t11-,12-,13-,14-/m1/s1. The lowest BCUT2D eigenvalue weighted by atomic mass is 9.80. The summed E-state index contributed by atoms with van der Waals surface area (Å²) in [4.78, 5) is 2.64. The van der Waals surface area contributed by atoms with Crippen molar-refractivity contribution in [2.75, 3.05) is 6.73 Å². The second-order valence-electron chi connectivity index (χ2n) is 6.06. The summed E-state index contributed by atoms with van der Waals surface area (Å²) in [6, 6.07) is 1.58. The molecule has 0 bridgehead atoms. The molecule has 2 heteroatoms. The fraction of sp³-hybridized carbons (Fsp3) is 1.00. The zero-order valence-electron chi connectivity index (χ0n) is 10.5. The van der Waals surface area contributed by atoms with E-state index in [2.05, 4.69) is 11.8 Å². The fourth-order valence-corrected chi connectivity index (χ4v) is 4.02. The van der Waals surface area contributed by atoms with E-state index in [1.165, 1.54) is 51.4 Å². The first-order valence-corrected chi connectivity index (χ1v) is 7.22. The highest BCUT2D eigenvalue weighted by molar-refractivity contribution is 4.88. The zero-order valence-corrected chi connectivity index (χ0v) is 10.5. The van der Waals surface area contributed by atoms with Crippen molar-refractivity contribution in [1.29, 1.82) is 0 Å². The van der Waals surface area contributed by atoms with Crippen LogP contribution in [0.5, 0.6) is 0 Å². The molecule has 92 valence electrons. The van der Waals surface area contributed by atoms with Gasteiger partial charge in [0, 0.05) is 12.1 Å². The van der Waals surface area contributed by atoms with Crippen LogP contribution in [0.25, 0.3) is 0 Å². The molecule has 1 saturated carbocycles. The second-order valence-corrected chi connectivity index (χ2v) is 6.06. The number of hydrogen-bond donors (Lipinski definition) is 0. The summed E-state index contributed by atoms with van der Waals surface area (Å²) in [5, 5.41) is 0. The number of nitrogens with zero attached hydrogens (tertiary/aromatic N) is 1. The molecule has 3 fully saturated rings. The average molecular weight is 223 g/mol. The molecule has 2 nitrogen and oxygen atoms in total. The molecule has 0 aromatic rings. The molecule has 0 amide bonds. The topological polar surface area (TPSA) is 12.5 Å². The minimum atomic E-state index is 0.589. The van der Waals surface area contributed by atoms with Gasteiger partial charge in [0.15, 0.2) is 0 Å². The number of rotatable bonds is 0. The normalized spacial score (nSPS) is 45.6. The number of piperidine rings is 1. The van der Waals surface area contributed by atoms with Crippen molar-refractivity contribution in [3.05, 3.63) is 0 Å². The van der Waals surface area contributed by atoms with Gasteiger partial charge in [-0.05, 0) is 44.9 Å². The molecule has 3 rings (SSSR count). The first-order chi connectivity index (χ1) is 7.84. The zero-order chi connectivity index (χ0) is 11.0. The van der Waals surface area contributed by atoms with Crippen LogP contribution in [0.3, 0.4) is 0 Å². The van der Waals surface area contributed by atoms with E-state index in [1.54, 1.807) is 0 Å². The minimum Gasteiger partial charge on any atom is -0.363 e. The predicted molar refractivity (Wildman–Crippen MR) is 65.3 cm³/mol. The number of ether oxygens (including phenoxy) is 1.